The zero-order valence-corrected chi connectivity index (χ0v) is 24.5. The standard InChI is InChI=1S/C31H34Cl2FN3O4/c1-29(2)10-12-30(13-11-29)31(21-9-6-17(32)14-23(21)36-28(31)40)24(20-4-3-5-22(33)25(20)34)26(37-30)27(39)35-18-7-8-19(15-38)41-16-18/h3-9,14,18-19,24,26,37-38H,10-13,15-16H2,1-2H3,(H,35,39)(H,36,40)/t18-,19+,24+,26-,31-/m1/s1. The van der Waals surface area contributed by atoms with Crippen molar-refractivity contribution in [2.24, 2.45) is 5.41 Å². The van der Waals surface area contributed by atoms with Gasteiger partial charge >= 0.3 is 0 Å². The summed E-state index contributed by atoms with van der Waals surface area (Å²) in [5.74, 6) is -2.21. The van der Waals surface area contributed by atoms with E-state index < -0.39 is 40.9 Å². The van der Waals surface area contributed by atoms with Gasteiger partial charge in [-0.2, -0.15) is 0 Å². The molecule has 0 aromatic heterocycles. The maximum Gasteiger partial charge on any atom is 0.238 e. The number of amides is 2. The van der Waals surface area contributed by atoms with E-state index in [0.717, 1.165) is 12.8 Å². The number of carbonyl (C=O) groups excluding carboxylic acids is 2. The SMILES string of the molecule is CC1(C)CCC2(CC1)N[C@@H](C(=O)N[C@@H]1C=C[C@@H](CO)OC1)[C@H](c1cccc(Cl)c1F)[C@]21C(=O)Nc2cc(Cl)ccc21. The monoisotopic (exact) mass is 601 g/mol. The Bertz CT molecular complexity index is 1420. The topological polar surface area (TPSA) is 99.7 Å². The summed E-state index contributed by atoms with van der Waals surface area (Å²) in [7, 11) is 0. The Kier molecular flexibility index (Phi) is 7.22. The van der Waals surface area contributed by atoms with Gasteiger partial charge in [0.05, 0.1) is 36.4 Å². The molecule has 4 N–H and O–H groups in total. The fraction of sp³-hybridized carbons (Fsp3) is 0.484. The number of anilines is 1. The second kappa shape index (κ2) is 10.3. The second-order valence-corrected chi connectivity index (χ2v) is 13.3. The first-order valence-electron chi connectivity index (χ1n) is 14.1. The molecule has 3 heterocycles. The zero-order valence-electron chi connectivity index (χ0n) is 23.0. The van der Waals surface area contributed by atoms with Crippen LogP contribution in [0.25, 0.3) is 0 Å². The van der Waals surface area contributed by atoms with E-state index in [2.05, 4.69) is 29.8 Å². The number of fused-ring (bicyclic) bond motifs is 3. The van der Waals surface area contributed by atoms with Gasteiger partial charge in [-0.15, -0.1) is 0 Å². The van der Waals surface area contributed by atoms with Crippen molar-refractivity contribution in [3.8, 4) is 0 Å². The van der Waals surface area contributed by atoms with Gasteiger partial charge in [-0.25, -0.2) is 4.39 Å². The summed E-state index contributed by atoms with van der Waals surface area (Å²) in [5, 5.41) is 19.5. The molecule has 218 valence electrons. The Morgan fingerprint density at radius 1 is 1.15 bits per heavy atom. The van der Waals surface area contributed by atoms with E-state index in [1.165, 1.54) is 6.07 Å². The molecule has 2 spiro atoms. The van der Waals surface area contributed by atoms with Crippen molar-refractivity contribution in [2.75, 3.05) is 18.5 Å². The molecule has 4 aliphatic rings. The van der Waals surface area contributed by atoms with Gasteiger partial charge in [0.2, 0.25) is 11.8 Å². The van der Waals surface area contributed by atoms with Gasteiger partial charge in [0.25, 0.3) is 0 Å². The highest BCUT2D eigenvalue weighted by atomic mass is 35.5. The van der Waals surface area contributed by atoms with E-state index in [-0.39, 0.29) is 41.0 Å². The lowest BCUT2D eigenvalue weighted by atomic mass is 9.53. The van der Waals surface area contributed by atoms with Gasteiger partial charge in [-0.1, -0.05) is 67.4 Å². The predicted octanol–water partition coefficient (Wildman–Crippen LogP) is 4.85. The van der Waals surface area contributed by atoms with Crippen LogP contribution in [0.2, 0.25) is 10.0 Å². The Labute approximate surface area is 248 Å². The van der Waals surface area contributed by atoms with Crippen molar-refractivity contribution in [2.45, 2.75) is 74.6 Å². The highest BCUT2D eigenvalue weighted by Gasteiger charge is 2.73. The summed E-state index contributed by atoms with van der Waals surface area (Å²) in [6.45, 7) is 4.44. The van der Waals surface area contributed by atoms with Crippen molar-refractivity contribution in [3.05, 3.63) is 75.5 Å². The summed E-state index contributed by atoms with van der Waals surface area (Å²) in [4.78, 5) is 28.7. The molecule has 0 unspecified atom stereocenters. The van der Waals surface area contributed by atoms with Gasteiger partial charge < -0.3 is 20.5 Å². The molecular weight excluding hydrogens is 568 g/mol. The summed E-state index contributed by atoms with van der Waals surface area (Å²) >= 11 is 12.7. The summed E-state index contributed by atoms with van der Waals surface area (Å²) in [6.07, 6.45) is 5.94. The molecule has 10 heteroatoms. The third-order valence-electron chi connectivity index (χ3n) is 9.61. The first-order valence-corrected chi connectivity index (χ1v) is 14.8. The predicted molar refractivity (Wildman–Crippen MR) is 156 cm³/mol. The molecule has 2 aromatic rings. The largest absolute Gasteiger partial charge is 0.393 e. The number of aliphatic hydroxyl groups is 1. The fourth-order valence-electron chi connectivity index (χ4n) is 7.49. The highest BCUT2D eigenvalue weighted by Crippen LogP contribution is 2.64. The molecule has 0 bridgehead atoms. The third kappa shape index (κ3) is 4.50. The number of aliphatic hydroxyl groups excluding tert-OH is 1. The number of hydrogen-bond donors (Lipinski definition) is 4. The first kappa shape index (κ1) is 28.6. The maximum atomic E-state index is 16.0. The minimum absolute atomic E-state index is 0.0522. The minimum Gasteiger partial charge on any atom is -0.393 e. The Hall–Kier alpha value is -2.49. The number of hydrogen-bond acceptors (Lipinski definition) is 5. The van der Waals surface area contributed by atoms with Crippen LogP contribution in [0.3, 0.4) is 0 Å². The van der Waals surface area contributed by atoms with E-state index in [1.54, 1.807) is 36.4 Å². The van der Waals surface area contributed by atoms with Crippen molar-refractivity contribution >= 4 is 40.7 Å². The Balaban J connectivity index is 1.53. The zero-order chi connectivity index (χ0) is 29.2. The maximum absolute atomic E-state index is 16.0. The molecule has 5 atom stereocenters. The van der Waals surface area contributed by atoms with Crippen LogP contribution in [0.4, 0.5) is 10.1 Å². The van der Waals surface area contributed by atoms with E-state index in [4.69, 9.17) is 27.9 Å². The number of carbonyl (C=O) groups is 2. The van der Waals surface area contributed by atoms with Crippen LogP contribution >= 0.6 is 23.2 Å². The van der Waals surface area contributed by atoms with Crippen LogP contribution in [0, 0.1) is 11.2 Å². The number of ether oxygens (including phenoxy) is 1. The highest BCUT2D eigenvalue weighted by molar-refractivity contribution is 6.31. The van der Waals surface area contributed by atoms with E-state index in [0.29, 0.717) is 29.1 Å². The normalized spacial score (nSPS) is 31.3. The van der Waals surface area contributed by atoms with Crippen molar-refractivity contribution < 1.29 is 23.8 Å². The smallest absolute Gasteiger partial charge is 0.238 e. The molecule has 1 aliphatic carbocycles. The molecule has 1 saturated carbocycles. The third-order valence-corrected chi connectivity index (χ3v) is 10.1. The molecule has 3 aliphatic heterocycles. The first-order chi connectivity index (χ1) is 19.5. The average Bonchev–Trinajstić information content (AvgIpc) is 3.40. The summed E-state index contributed by atoms with van der Waals surface area (Å²) in [5.41, 5.74) is -0.616. The van der Waals surface area contributed by atoms with Crippen LogP contribution < -0.4 is 16.0 Å². The van der Waals surface area contributed by atoms with Gasteiger partial charge in [-0.3, -0.25) is 14.9 Å². The molecular formula is C31H34Cl2FN3O4. The van der Waals surface area contributed by atoms with E-state index in [9.17, 15) is 14.7 Å². The lowest BCUT2D eigenvalue weighted by molar-refractivity contribution is -0.125. The molecule has 0 radical (unpaired) electrons. The van der Waals surface area contributed by atoms with Crippen LogP contribution in [-0.2, 0) is 19.7 Å². The van der Waals surface area contributed by atoms with Gasteiger partial charge in [0.15, 0.2) is 0 Å². The lowest BCUT2D eigenvalue weighted by Crippen LogP contribution is -2.61. The van der Waals surface area contributed by atoms with Crippen molar-refractivity contribution in [1.82, 2.24) is 10.6 Å². The van der Waals surface area contributed by atoms with Crippen LogP contribution in [0.5, 0.6) is 0 Å². The van der Waals surface area contributed by atoms with Crippen LogP contribution in [0.1, 0.15) is 56.6 Å². The average molecular weight is 603 g/mol. The summed E-state index contributed by atoms with van der Waals surface area (Å²) < 4.78 is 21.6. The quantitative estimate of drug-likeness (QED) is 0.375. The minimum atomic E-state index is -1.31. The molecule has 1 saturated heterocycles. The van der Waals surface area contributed by atoms with Crippen LogP contribution in [0.15, 0.2) is 48.6 Å². The summed E-state index contributed by atoms with van der Waals surface area (Å²) in [6, 6.07) is 8.63. The van der Waals surface area contributed by atoms with E-state index in [1.807, 2.05) is 6.07 Å². The lowest BCUT2D eigenvalue weighted by Gasteiger charge is -2.50. The molecule has 6 rings (SSSR count). The number of rotatable bonds is 4. The number of halogens is 3. The molecule has 41 heavy (non-hydrogen) atoms. The van der Waals surface area contributed by atoms with E-state index >= 15 is 4.39 Å². The second-order valence-electron chi connectivity index (χ2n) is 12.5. The number of nitrogens with one attached hydrogen (secondary N) is 3. The van der Waals surface area contributed by atoms with Crippen molar-refractivity contribution in [3.63, 3.8) is 0 Å². The Morgan fingerprint density at radius 2 is 1.90 bits per heavy atom. The van der Waals surface area contributed by atoms with Gasteiger partial charge in [0, 0.05) is 22.2 Å². The van der Waals surface area contributed by atoms with Gasteiger partial charge in [-0.05, 0) is 60.4 Å². The molecule has 2 aromatic carbocycles. The molecule has 2 amide bonds. The number of benzene rings is 2. The Morgan fingerprint density at radius 3 is 2.59 bits per heavy atom. The molecule has 2 fully saturated rings. The van der Waals surface area contributed by atoms with Gasteiger partial charge in [0.1, 0.15) is 11.2 Å². The molecule has 7 nitrogen and oxygen atoms in total. The van der Waals surface area contributed by atoms with Crippen LogP contribution in [-0.4, -0.2) is 53.9 Å². The fourth-order valence-corrected chi connectivity index (χ4v) is 7.84. The van der Waals surface area contributed by atoms with Crippen molar-refractivity contribution in [1.29, 1.82) is 0 Å².